The van der Waals surface area contributed by atoms with Gasteiger partial charge in [0.15, 0.2) is 0 Å². The molecule has 0 aliphatic carbocycles. The summed E-state index contributed by atoms with van der Waals surface area (Å²) in [5, 5.41) is -9.40. The molecule has 0 fully saturated rings. The number of rotatable bonds is 4. The fourth-order valence-corrected chi connectivity index (χ4v) is 2.95. The summed E-state index contributed by atoms with van der Waals surface area (Å²) in [5.41, 5.74) is -2.00. The molecule has 2 nitrogen and oxygen atoms in total. The van der Waals surface area contributed by atoms with Crippen LogP contribution in [0, 0.1) is 0 Å². The number of alkyl halides is 4. The number of benzene rings is 2. The second kappa shape index (κ2) is 5.14. The zero-order valence-corrected chi connectivity index (χ0v) is 11.3. The minimum atomic E-state index is -6.11. The van der Waals surface area contributed by atoms with Gasteiger partial charge >= 0.3 is 10.5 Å². The van der Waals surface area contributed by atoms with E-state index in [9.17, 15) is 26.0 Å². The highest BCUT2D eigenvalue weighted by atomic mass is 32.2. The van der Waals surface area contributed by atoms with Crippen molar-refractivity contribution in [2.24, 2.45) is 0 Å². The minimum absolute atomic E-state index is 0.790. The lowest BCUT2D eigenvalue weighted by Crippen LogP contribution is -2.38. The predicted octanol–water partition coefficient (Wildman–Crippen LogP) is 3.90. The molecule has 0 N–H and O–H groups in total. The molecule has 0 atom stereocenters. The molecule has 0 aromatic heterocycles. The molecule has 112 valence electrons. The Morgan fingerprint density at radius 3 is 1.19 bits per heavy atom. The molecule has 2 rings (SSSR count). The van der Waals surface area contributed by atoms with E-state index < -0.39 is 31.5 Å². The summed E-state index contributed by atoms with van der Waals surface area (Å²) in [6, 6.07) is 10.5. The summed E-state index contributed by atoms with van der Waals surface area (Å²) in [7, 11) is -6.11. The van der Waals surface area contributed by atoms with Crippen LogP contribution in [-0.2, 0) is 20.3 Å². The second-order valence-corrected chi connectivity index (χ2v) is 6.30. The number of hydrogen-bond donors (Lipinski definition) is 0. The molecular formula is C14H10F4O2S. The van der Waals surface area contributed by atoms with E-state index in [-0.39, 0.29) is 0 Å². The molecule has 0 aliphatic rings. The quantitative estimate of drug-likeness (QED) is 0.801. The third-order valence-electron chi connectivity index (χ3n) is 2.89. The van der Waals surface area contributed by atoms with E-state index in [4.69, 9.17) is 0 Å². The van der Waals surface area contributed by atoms with Crippen molar-refractivity contribution in [2.45, 2.75) is 10.5 Å². The predicted molar refractivity (Wildman–Crippen MR) is 69.6 cm³/mol. The average molecular weight is 318 g/mol. The molecule has 0 unspecified atom stereocenters. The maximum absolute atomic E-state index is 14.0. The molecule has 2 aromatic carbocycles. The van der Waals surface area contributed by atoms with Crippen LogP contribution < -0.4 is 0 Å². The Balaban J connectivity index is 2.56. The Bertz CT molecular complexity index is 656. The van der Waals surface area contributed by atoms with Crippen molar-refractivity contribution in [3.63, 3.8) is 0 Å². The first-order chi connectivity index (χ1) is 9.71. The van der Waals surface area contributed by atoms with E-state index >= 15 is 0 Å². The third-order valence-corrected chi connectivity index (χ3v) is 4.72. The molecule has 21 heavy (non-hydrogen) atoms. The van der Waals surface area contributed by atoms with E-state index in [1.165, 1.54) is 12.1 Å². The standard InChI is InChI=1S/C14H10F4O2S/c15-13(16,11-7-3-1-4-8-11)21(19,20)14(17,18)12-9-5-2-6-10-12/h1-10H. The Kier molecular flexibility index (Phi) is 3.79. The normalized spacial score (nSPS) is 13.1. The summed E-state index contributed by atoms with van der Waals surface area (Å²) in [4.78, 5) is 0. The van der Waals surface area contributed by atoms with Gasteiger partial charge in [-0.15, -0.1) is 0 Å². The van der Waals surface area contributed by atoms with Gasteiger partial charge in [0.1, 0.15) is 0 Å². The first-order valence-corrected chi connectivity index (χ1v) is 7.30. The van der Waals surface area contributed by atoms with E-state index in [0.29, 0.717) is 0 Å². The van der Waals surface area contributed by atoms with Crippen LogP contribution in [0.1, 0.15) is 11.1 Å². The zero-order valence-electron chi connectivity index (χ0n) is 10.5. The fraction of sp³-hybridized carbons (Fsp3) is 0.143. The Hall–Kier alpha value is -1.89. The number of halogens is 4. The smallest absolute Gasteiger partial charge is 0.215 e. The first kappa shape index (κ1) is 15.5. The molecule has 0 saturated carbocycles. The highest BCUT2D eigenvalue weighted by Crippen LogP contribution is 2.47. The molecule has 0 spiro atoms. The summed E-state index contributed by atoms with van der Waals surface area (Å²) < 4.78 is 79.7. The lowest BCUT2D eigenvalue weighted by Gasteiger charge is -2.24. The van der Waals surface area contributed by atoms with Gasteiger partial charge in [-0.3, -0.25) is 0 Å². The summed E-state index contributed by atoms with van der Waals surface area (Å²) in [6.45, 7) is 0. The van der Waals surface area contributed by atoms with E-state index in [1.54, 1.807) is 0 Å². The monoisotopic (exact) mass is 318 g/mol. The van der Waals surface area contributed by atoms with Gasteiger partial charge in [0, 0.05) is 11.1 Å². The lowest BCUT2D eigenvalue weighted by molar-refractivity contribution is 0.0410. The second-order valence-electron chi connectivity index (χ2n) is 4.27. The van der Waals surface area contributed by atoms with Crippen LogP contribution in [0.5, 0.6) is 0 Å². The van der Waals surface area contributed by atoms with Gasteiger partial charge in [-0.25, -0.2) is 8.42 Å². The Morgan fingerprint density at radius 1 is 0.619 bits per heavy atom. The topological polar surface area (TPSA) is 34.1 Å². The maximum Gasteiger partial charge on any atom is 0.377 e. The van der Waals surface area contributed by atoms with Crippen molar-refractivity contribution >= 4 is 9.84 Å². The molecule has 0 heterocycles. The van der Waals surface area contributed by atoms with Crippen LogP contribution in [0.4, 0.5) is 17.6 Å². The van der Waals surface area contributed by atoms with Gasteiger partial charge < -0.3 is 0 Å². The van der Waals surface area contributed by atoms with Crippen LogP contribution in [0.3, 0.4) is 0 Å². The summed E-state index contributed by atoms with van der Waals surface area (Å²) in [5.74, 6) is 0. The molecule has 0 aliphatic heterocycles. The fourth-order valence-electron chi connectivity index (χ4n) is 1.74. The van der Waals surface area contributed by atoms with Crippen LogP contribution in [0.25, 0.3) is 0 Å². The van der Waals surface area contributed by atoms with Crippen LogP contribution >= 0.6 is 0 Å². The van der Waals surface area contributed by atoms with E-state index in [0.717, 1.165) is 48.5 Å². The van der Waals surface area contributed by atoms with Crippen LogP contribution in [0.2, 0.25) is 0 Å². The summed E-state index contributed by atoms with van der Waals surface area (Å²) >= 11 is 0. The molecule has 0 bridgehead atoms. The van der Waals surface area contributed by atoms with Gasteiger partial charge in [0.25, 0.3) is 9.84 Å². The number of sulfone groups is 1. The minimum Gasteiger partial charge on any atom is -0.215 e. The highest BCUT2D eigenvalue weighted by molar-refractivity contribution is 7.92. The summed E-state index contributed by atoms with van der Waals surface area (Å²) in [6.07, 6.45) is 0. The van der Waals surface area contributed by atoms with Crippen molar-refractivity contribution in [1.82, 2.24) is 0 Å². The molecular weight excluding hydrogens is 308 g/mol. The molecule has 0 amide bonds. The van der Waals surface area contributed by atoms with Gasteiger partial charge in [-0.2, -0.15) is 17.6 Å². The largest absolute Gasteiger partial charge is 0.377 e. The SMILES string of the molecule is O=S(=O)(C(F)(F)c1ccccc1)C(F)(F)c1ccccc1. The van der Waals surface area contributed by atoms with Crippen molar-refractivity contribution in [3.05, 3.63) is 71.8 Å². The molecule has 7 heteroatoms. The van der Waals surface area contributed by atoms with Crippen LogP contribution in [0.15, 0.2) is 60.7 Å². The zero-order chi connectivity index (χ0) is 15.7. The lowest BCUT2D eigenvalue weighted by atomic mass is 10.2. The van der Waals surface area contributed by atoms with Crippen molar-refractivity contribution in [2.75, 3.05) is 0 Å². The maximum atomic E-state index is 14.0. The van der Waals surface area contributed by atoms with Crippen molar-refractivity contribution < 1.29 is 26.0 Å². The average Bonchev–Trinajstić information content (AvgIpc) is 2.48. The molecule has 2 aromatic rings. The van der Waals surface area contributed by atoms with Crippen molar-refractivity contribution in [3.8, 4) is 0 Å². The number of hydrogen-bond acceptors (Lipinski definition) is 2. The van der Waals surface area contributed by atoms with Gasteiger partial charge in [-0.05, 0) is 0 Å². The van der Waals surface area contributed by atoms with E-state index in [1.807, 2.05) is 0 Å². The van der Waals surface area contributed by atoms with Crippen molar-refractivity contribution in [1.29, 1.82) is 0 Å². The Labute approximate surface area is 119 Å². The molecule has 0 saturated heterocycles. The van der Waals surface area contributed by atoms with Gasteiger partial charge in [-0.1, -0.05) is 60.7 Å². The molecule has 0 radical (unpaired) electrons. The van der Waals surface area contributed by atoms with Gasteiger partial charge in [0.05, 0.1) is 0 Å². The third kappa shape index (κ3) is 2.42. The highest BCUT2D eigenvalue weighted by Gasteiger charge is 2.62. The first-order valence-electron chi connectivity index (χ1n) is 5.82. The Morgan fingerprint density at radius 2 is 0.905 bits per heavy atom. The van der Waals surface area contributed by atoms with Crippen LogP contribution in [-0.4, -0.2) is 8.42 Å². The van der Waals surface area contributed by atoms with Gasteiger partial charge in [0.2, 0.25) is 0 Å². The van der Waals surface area contributed by atoms with E-state index in [2.05, 4.69) is 0 Å².